The molecule has 2 fully saturated rings. The van der Waals surface area contributed by atoms with Crippen LogP contribution in [0.15, 0.2) is 35.5 Å². The van der Waals surface area contributed by atoms with Crippen molar-refractivity contribution in [2.75, 3.05) is 0 Å². The van der Waals surface area contributed by atoms with Gasteiger partial charge in [0.2, 0.25) is 0 Å². The molecule has 0 spiro atoms. The van der Waals surface area contributed by atoms with Crippen LogP contribution in [0.4, 0.5) is 0 Å². The average molecular weight is 371 g/mol. The second-order valence-corrected chi connectivity index (χ2v) is 9.99. The van der Waals surface area contributed by atoms with E-state index in [9.17, 15) is 9.90 Å². The number of aliphatic hydroxyl groups excluding tert-OH is 1. The zero-order chi connectivity index (χ0) is 19.4. The Morgan fingerprint density at radius 2 is 1.89 bits per heavy atom. The number of carboxylic acid groups (broad SMARTS) is 1. The Labute approximate surface area is 163 Å². The summed E-state index contributed by atoms with van der Waals surface area (Å²) in [5, 5.41) is 19.1. The predicted octanol–water partition coefficient (Wildman–Crippen LogP) is 5.12. The SMILES string of the molecule is C[C@H](/C=C/C(=O)O)C1=CC[C@H]2[C@@H]3CC=C4C[C@@H](O)CC[C@]4(C)[C@H]3CC[C@]12C. The van der Waals surface area contributed by atoms with Crippen molar-refractivity contribution < 1.29 is 15.0 Å². The van der Waals surface area contributed by atoms with Gasteiger partial charge in [-0.2, -0.15) is 0 Å². The molecule has 4 aliphatic rings. The summed E-state index contributed by atoms with van der Waals surface area (Å²) in [5.74, 6) is 1.47. The highest BCUT2D eigenvalue weighted by Crippen LogP contribution is 2.65. The summed E-state index contributed by atoms with van der Waals surface area (Å²) in [7, 11) is 0. The zero-order valence-corrected chi connectivity index (χ0v) is 16.9. The zero-order valence-electron chi connectivity index (χ0n) is 16.9. The van der Waals surface area contributed by atoms with Gasteiger partial charge in [-0.3, -0.25) is 0 Å². The molecule has 0 aromatic rings. The minimum Gasteiger partial charge on any atom is -0.478 e. The smallest absolute Gasteiger partial charge is 0.327 e. The molecule has 3 heteroatoms. The molecule has 0 amide bonds. The second kappa shape index (κ2) is 6.62. The fourth-order valence-electron chi connectivity index (χ4n) is 7.28. The van der Waals surface area contributed by atoms with Crippen molar-refractivity contribution in [2.24, 2.45) is 34.5 Å². The highest BCUT2D eigenvalue weighted by Gasteiger charge is 2.56. The molecular formula is C24H34O3. The van der Waals surface area contributed by atoms with Crippen LogP contribution in [0.3, 0.4) is 0 Å². The highest BCUT2D eigenvalue weighted by atomic mass is 16.4. The first kappa shape index (κ1) is 19.0. The maximum absolute atomic E-state index is 10.9. The summed E-state index contributed by atoms with van der Waals surface area (Å²) < 4.78 is 0. The largest absolute Gasteiger partial charge is 0.478 e. The third-order valence-corrected chi connectivity index (χ3v) is 8.74. The molecule has 0 aromatic carbocycles. The number of carboxylic acids is 1. The van der Waals surface area contributed by atoms with Gasteiger partial charge in [0.1, 0.15) is 0 Å². The van der Waals surface area contributed by atoms with E-state index >= 15 is 0 Å². The van der Waals surface area contributed by atoms with Gasteiger partial charge in [-0.05, 0) is 79.4 Å². The van der Waals surface area contributed by atoms with Gasteiger partial charge >= 0.3 is 5.97 Å². The first-order valence-electron chi connectivity index (χ1n) is 10.7. The van der Waals surface area contributed by atoms with Gasteiger partial charge < -0.3 is 10.2 Å². The van der Waals surface area contributed by atoms with E-state index in [2.05, 4.69) is 32.9 Å². The summed E-state index contributed by atoms with van der Waals surface area (Å²) in [6.45, 7) is 7.05. The first-order valence-corrected chi connectivity index (χ1v) is 10.7. The van der Waals surface area contributed by atoms with E-state index in [0.717, 1.165) is 43.9 Å². The number of hydrogen-bond acceptors (Lipinski definition) is 2. The van der Waals surface area contributed by atoms with Crippen LogP contribution in [0.5, 0.6) is 0 Å². The van der Waals surface area contributed by atoms with Crippen LogP contribution in [0.1, 0.15) is 65.7 Å². The Kier molecular flexibility index (Phi) is 4.65. The minimum atomic E-state index is -0.858. The van der Waals surface area contributed by atoms with Crippen LogP contribution >= 0.6 is 0 Å². The van der Waals surface area contributed by atoms with Crippen molar-refractivity contribution in [3.8, 4) is 0 Å². The fourth-order valence-corrected chi connectivity index (χ4v) is 7.28. The van der Waals surface area contributed by atoms with Gasteiger partial charge in [-0.1, -0.05) is 50.1 Å². The Bertz CT molecular complexity index is 717. The lowest BCUT2D eigenvalue weighted by atomic mass is 9.47. The van der Waals surface area contributed by atoms with Crippen LogP contribution in [0.2, 0.25) is 0 Å². The summed E-state index contributed by atoms with van der Waals surface area (Å²) in [6.07, 6.45) is 15.6. The van der Waals surface area contributed by atoms with Crippen molar-refractivity contribution >= 4 is 5.97 Å². The number of allylic oxidation sites excluding steroid dienone is 4. The lowest BCUT2D eigenvalue weighted by Crippen LogP contribution is -2.50. The van der Waals surface area contributed by atoms with Crippen LogP contribution in [0, 0.1) is 34.5 Å². The molecule has 2 saturated carbocycles. The molecule has 7 atom stereocenters. The maximum atomic E-state index is 10.9. The number of aliphatic hydroxyl groups is 1. The van der Waals surface area contributed by atoms with Crippen molar-refractivity contribution in [2.45, 2.75) is 71.8 Å². The molecule has 4 aliphatic carbocycles. The van der Waals surface area contributed by atoms with Crippen LogP contribution in [0.25, 0.3) is 0 Å². The first-order chi connectivity index (χ1) is 12.8. The number of aliphatic carboxylic acids is 1. The monoisotopic (exact) mass is 370 g/mol. The predicted molar refractivity (Wildman–Crippen MR) is 107 cm³/mol. The van der Waals surface area contributed by atoms with Crippen molar-refractivity contribution in [1.82, 2.24) is 0 Å². The number of carbonyl (C=O) groups is 1. The van der Waals surface area contributed by atoms with E-state index < -0.39 is 5.97 Å². The molecule has 0 radical (unpaired) electrons. The number of fused-ring (bicyclic) bond motifs is 5. The summed E-state index contributed by atoms with van der Waals surface area (Å²) in [4.78, 5) is 10.9. The second-order valence-electron chi connectivity index (χ2n) is 9.99. The Hall–Kier alpha value is -1.35. The van der Waals surface area contributed by atoms with Gasteiger partial charge in [-0.25, -0.2) is 4.79 Å². The van der Waals surface area contributed by atoms with Gasteiger partial charge in [-0.15, -0.1) is 0 Å². The van der Waals surface area contributed by atoms with Gasteiger partial charge in [0.05, 0.1) is 6.10 Å². The molecule has 4 rings (SSSR count). The summed E-state index contributed by atoms with van der Waals surface area (Å²) in [5.41, 5.74) is 3.47. The Balaban J connectivity index is 1.59. The Morgan fingerprint density at radius 1 is 1.15 bits per heavy atom. The number of rotatable bonds is 3. The topological polar surface area (TPSA) is 57.5 Å². The van der Waals surface area contributed by atoms with Crippen LogP contribution < -0.4 is 0 Å². The fraction of sp³-hybridized carbons (Fsp3) is 0.708. The molecule has 3 nitrogen and oxygen atoms in total. The Morgan fingerprint density at radius 3 is 2.63 bits per heavy atom. The molecule has 0 unspecified atom stereocenters. The molecular weight excluding hydrogens is 336 g/mol. The van der Waals surface area contributed by atoms with E-state index in [-0.39, 0.29) is 22.9 Å². The van der Waals surface area contributed by atoms with E-state index in [1.807, 2.05) is 6.08 Å². The van der Waals surface area contributed by atoms with Gasteiger partial charge in [0.25, 0.3) is 0 Å². The molecule has 2 N–H and O–H groups in total. The lowest BCUT2D eigenvalue weighted by molar-refractivity contribution is -0.131. The number of hydrogen-bond donors (Lipinski definition) is 2. The summed E-state index contributed by atoms with van der Waals surface area (Å²) in [6, 6.07) is 0. The van der Waals surface area contributed by atoms with Crippen molar-refractivity contribution in [3.63, 3.8) is 0 Å². The van der Waals surface area contributed by atoms with Crippen molar-refractivity contribution in [1.29, 1.82) is 0 Å². The standard InChI is InChI=1S/C24H34O3/c1-15(4-9-22(26)27)19-7-8-20-18-6-5-16-14-17(25)10-12-23(16,2)21(18)11-13-24(19,20)3/h4-5,7,9,15,17-18,20-21,25H,6,8,10-14H2,1-3H3,(H,26,27)/b9-4+/t15-,17+,18+,20+,21+,23+,24-/m1/s1. The molecule has 148 valence electrons. The average Bonchev–Trinajstić information content (AvgIpc) is 2.97. The third-order valence-electron chi connectivity index (χ3n) is 8.74. The van der Waals surface area contributed by atoms with Gasteiger partial charge in [0.15, 0.2) is 0 Å². The van der Waals surface area contributed by atoms with E-state index in [0.29, 0.717) is 5.92 Å². The minimum absolute atomic E-state index is 0.142. The van der Waals surface area contributed by atoms with Crippen LogP contribution in [-0.2, 0) is 4.79 Å². The van der Waals surface area contributed by atoms with E-state index in [1.165, 1.54) is 30.1 Å². The van der Waals surface area contributed by atoms with E-state index in [1.54, 1.807) is 0 Å². The molecule has 0 saturated heterocycles. The van der Waals surface area contributed by atoms with E-state index in [4.69, 9.17) is 5.11 Å². The molecule has 0 aliphatic heterocycles. The normalized spacial score (nSPS) is 44.7. The highest BCUT2D eigenvalue weighted by molar-refractivity contribution is 5.79. The maximum Gasteiger partial charge on any atom is 0.327 e. The molecule has 0 heterocycles. The quantitative estimate of drug-likeness (QED) is 0.535. The molecule has 0 bridgehead atoms. The molecule has 27 heavy (non-hydrogen) atoms. The lowest BCUT2D eigenvalue weighted by Gasteiger charge is -2.58. The van der Waals surface area contributed by atoms with Crippen LogP contribution in [-0.4, -0.2) is 22.3 Å². The van der Waals surface area contributed by atoms with Gasteiger partial charge in [0, 0.05) is 6.08 Å². The summed E-state index contributed by atoms with van der Waals surface area (Å²) >= 11 is 0. The van der Waals surface area contributed by atoms with Crippen molar-refractivity contribution in [3.05, 3.63) is 35.5 Å². The third kappa shape index (κ3) is 2.93. The molecule has 0 aromatic heterocycles.